The van der Waals surface area contributed by atoms with Crippen LogP contribution in [0.25, 0.3) is 0 Å². The molecule has 0 aliphatic heterocycles. The number of unbranched alkanes of at least 4 members (excludes halogenated alkanes) is 5. The van der Waals surface area contributed by atoms with Crippen LogP contribution in [0.1, 0.15) is 91.9 Å². The van der Waals surface area contributed by atoms with Gasteiger partial charge in [-0.1, -0.05) is 71.8 Å². The average Bonchev–Trinajstić information content (AvgIpc) is 2.47. The van der Waals surface area contributed by atoms with Crippen molar-refractivity contribution in [1.82, 2.24) is 0 Å². The van der Waals surface area contributed by atoms with Crippen molar-refractivity contribution in [3.63, 3.8) is 0 Å². The van der Waals surface area contributed by atoms with E-state index in [1.54, 1.807) is 6.92 Å². The fourth-order valence-corrected chi connectivity index (χ4v) is 2.87. The smallest absolute Gasteiger partial charge is 0.240 e. The van der Waals surface area contributed by atoms with Crippen LogP contribution in [-0.4, -0.2) is 12.1 Å². The molecule has 0 fully saturated rings. The summed E-state index contributed by atoms with van der Waals surface area (Å²) in [6.45, 7) is 7.57. The van der Waals surface area contributed by atoms with E-state index in [1.807, 2.05) is 13.8 Å². The van der Waals surface area contributed by atoms with Crippen LogP contribution in [0.4, 0.5) is 13.2 Å². The second-order valence-corrected chi connectivity index (χ2v) is 5.79. The van der Waals surface area contributed by atoms with Crippen LogP contribution < -0.4 is 0 Å². The summed E-state index contributed by atoms with van der Waals surface area (Å²) in [5, 5.41) is 0. The van der Waals surface area contributed by atoms with E-state index in [-0.39, 0.29) is 18.4 Å². The van der Waals surface area contributed by atoms with Gasteiger partial charge in [0, 0.05) is 5.57 Å². The van der Waals surface area contributed by atoms with Crippen LogP contribution in [-0.2, 0) is 0 Å². The van der Waals surface area contributed by atoms with Gasteiger partial charge in [-0.3, -0.25) is 0 Å². The zero-order valence-electron chi connectivity index (χ0n) is 14.3. The minimum absolute atomic E-state index is 0.0245. The number of allylic oxidation sites excluding steroid dienone is 2. The Balaban J connectivity index is 4.49. The maximum absolute atomic E-state index is 14.3. The fourth-order valence-electron chi connectivity index (χ4n) is 2.87. The second-order valence-electron chi connectivity index (χ2n) is 5.79. The maximum Gasteiger partial charge on any atom is 0.300 e. The highest BCUT2D eigenvalue weighted by Crippen LogP contribution is 2.38. The molecule has 0 bridgehead atoms. The molecule has 0 amide bonds. The van der Waals surface area contributed by atoms with Crippen LogP contribution >= 0.6 is 0 Å². The standard InChI is InChI=1S/C18H33F3/c1-5-9-10-11-12-13-14-17(19)18(20,21)16(8-4)15(6-2)7-3/h17H,5-14H2,1-4H3. The lowest BCUT2D eigenvalue weighted by Gasteiger charge is -2.26. The first-order valence-electron chi connectivity index (χ1n) is 8.68. The third-order valence-electron chi connectivity index (χ3n) is 4.24. The topological polar surface area (TPSA) is 0 Å². The first-order valence-corrected chi connectivity index (χ1v) is 8.68. The Morgan fingerprint density at radius 1 is 0.810 bits per heavy atom. The zero-order chi connectivity index (χ0) is 16.3. The summed E-state index contributed by atoms with van der Waals surface area (Å²) in [6, 6.07) is 0. The van der Waals surface area contributed by atoms with Gasteiger partial charge < -0.3 is 0 Å². The largest absolute Gasteiger partial charge is 0.300 e. The van der Waals surface area contributed by atoms with E-state index in [4.69, 9.17) is 0 Å². The minimum atomic E-state index is -3.29. The highest BCUT2D eigenvalue weighted by atomic mass is 19.3. The monoisotopic (exact) mass is 306 g/mol. The Hall–Kier alpha value is -0.470. The molecule has 3 heteroatoms. The number of alkyl halides is 3. The molecular weight excluding hydrogens is 273 g/mol. The SMILES string of the molecule is CCCCCCCCC(F)C(F)(F)C(CC)=C(CC)CC. The van der Waals surface area contributed by atoms with Crippen molar-refractivity contribution >= 4 is 0 Å². The zero-order valence-corrected chi connectivity index (χ0v) is 14.3. The van der Waals surface area contributed by atoms with Gasteiger partial charge in [0.05, 0.1) is 0 Å². The van der Waals surface area contributed by atoms with E-state index < -0.39 is 12.1 Å². The molecule has 126 valence electrons. The molecule has 0 N–H and O–H groups in total. The average molecular weight is 306 g/mol. The summed E-state index contributed by atoms with van der Waals surface area (Å²) >= 11 is 0. The molecule has 0 aliphatic carbocycles. The van der Waals surface area contributed by atoms with Crippen molar-refractivity contribution in [2.24, 2.45) is 0 Å². The molecule has 0 aromatic carbocycles. The number of hydrogen-bond acceptors (Lipinski definition) is 0. The van der Waals surface area contributed by atoms with Crippen molar-refractivity contribution in [2.45, 2.75) is 104 Å². The van der Waals surface area contributed by atoms with E-state index in [2.05, 4.69) is 6.92 Å². The predicted molar refractivity (Wildman–Crippen MR) is 85.7 cm³/mol. The fraction of sp³-hybridized carbons (Fsp3) is 0.889. The number of rotatable bonds is 12. The summed E-state index contributed by atoms with van der Waals surface area (Å²) in [5.74, 6) is -3.29. The molecule has 0 heterocycles. The van der Waals surface area contributed by atoms with E-state index in [0.29, 0.717) is 24.8 Å². The highest BCUT2D eigenvalue weighted by molar-refractivity contribution is 5.22. The lowest BCUT2D eigenvalue weighted by Crippen LogP contribution is -2.33. The molecule has 0 rings (SSSR count). The van der Waals surface area contributed by atoms with Crippen LogP contribution in [0, 0.1) is 0 Å². The molecule has 0 spiro atoms. The maximum atomic E-state index is 14.3. The molecule has 1 unspecified atom stereocenters. The lowest BCUT2D eigenvalue weighted by molar-refractivity contribution is -0.0453. The molecule has 0 nitrogen and oxygen atoms in total. The highest BCUT2D eigenvalue weighted by Gasteiger charge is 2.43. The summed E-state index contributed by atoms with van der Waals surface area (Å²) in [7, 11) is 0. The van der Waals surface area contributed by atoms with Crippen molar-refractivity contribution in [1.29, 1.82) is 0 Å². The molecular formula is C18H33F3. The van der Waals surface area contributed by atoms with E-state index in [0.717, 1.165) is 25.7 Å². The van der Waals surface area contributed by atoms with Gasteiger partial charge in [0.15, 0.2) is 6.17 Å². The molecule has 0 aliphatic rings. The Bertz CT molecular complexity index is 289. The van der Waals surface area contributed by atoms with Gasteiger partial charge in [-0.15, -0.1) is 0 Å². The van der Waals surface area contributed by atoms with Crippen molar-refractivity contribution in [3.05, 3.63) is 11.1 Å². The van der Waals surface area contributed by atoms with Gasteiger partial charge in [-0.25, -0.2) is 4.39 Å². The van der Waals surface area contributed by atoms with Gasteiger partial charge in [-0.2, -0.15) is 8.78 Å². The van der Waals surface area contributed by atoms with E-state index in [1.165, 1.54) is 6.42 Å². The van der Waals surface area contributed by atoms with Gasteiger partial charge in [-0.05, 0) is 25.7 Å². The molecule has 0 aromatic rings. The minimum Gasteiger partial charge on any atom is -0.240 e. The first-order chi connectivity index (χ1) is 9.95. The summed E-state index contributed by atoms with van der Waals surface area (Å²) in [5.41, 5.74) is 0.749. The van der Waals surface area contributed by atoms with Gasteiger partial charge in [0.25, 0.3) is 5.92 Å². The predicted octanol–water partition coefficient (Wildman–Crippen LogP) is 7.24. The molecule has 1 atom stereocenters. The van der Waals surface area contributed by atoms with Crippen molar-refractivity contribution in [3.8, 4) is 0 Å². The Labute approximate surface area is 129 Å². The molecule has 0 saturated carbocycles. The normalized spacial score (nSPS) is 13.3. The van der Waals surface area contributed by atoms with Crippen LogP contribution in [0.3, 0.4) is 0 Å². The number of halogens is 3. The van der Waals surface area contributed by atoms with Gasteiger partial charge >= 0.3 is 0 Å². The molecule has 0 radical (unpaired) electrons. The van der Waals surface area contributed by atoms with Crippen LogP contribution in [0.2, 0.25) is 0 Å². The summed E-state index contributed by atoms with van der Waals surface area (Å²) in [6.07, 6.45) is 5.24. The third kappa shape index (κ3) is 6.88. The van der Waals surface area contributed by atoms with E-state index >= 15 is 0 Å². The summed E-state index contributed by atoms with van der Waals surface area (Å²) in [4.78, 5) is 0. The quantitative estimate of drug-likeness (QED) is 0.263. The molecule has 21 heavy (non-hydrogen) atoms. The summed E-state index contributed by atoms with van der Waals surface area (Å²) < 4.78 is 42.6. The van der Waals surface area contributed by atoms with Gasteiger partial charge in [0.1, 0.15) is 0 Å². The van der Waals surface area contributed by atoms with Crippen molar-refractivity contribution < 1.29 is 13.2 Å². The van der Waals surface area contributed by atoms with Crippen LogP contribution in [0.5, 0.6) is 0 Å². The van der Waals surface area contributed by atoms with E-state index in [9.17, 15) is 13.2 Å². The third-order valence-corrected chi connectivity index (χ3v) is 4.24. The van der Waals surface area contributed by atoms with Gasteiger partial charge in [0.2, 0.25) is 0 Å². The van der Waals surface area contributed by atoms with Crippen molar-refractivity contribution in [2.75, 3.05) is 0 Å². The van der Waals surface area contributed by atoms with Crippen LogP contribution in [0.15, 0.2) is 11.1 Å². The Morgan fingerprint density at radius 3 is 1.81 bits per heavy atom. The Kier molecular flexibility index (Phi) is 10.9. The lowest BCUT2D eigenvalue weighted by atomic mass is 9.91. The second kappa shape index (κ2) is 11.1. The number of hydrogen-bond donors (Lipinski definition) is 0. The Morgan fingerprint density at radius 2 is 1.33 bits per heavy atom. The molecule has 0 saturated heterocycles. The first kappa shape index (κ1) is 20.5. The molecule has 0 aromatic heterocycles.